The Balaban J connectivity index is 1.95. The minimum absolute atomic E-state index is 0.0204. The van der Waals surface area contributed by atoms with Gasteiger partial charge in [0, 0.05) is 18.3 Å². The van der Waals surface area contributed by atoms with Gasteiger partial charge in [-0.1, -0.05) is 0 Å². The van der Waals surface area contributed by atoms with Crippen molar-refractivity contribution >= 4 is 5.91 Å². The van der Waals surface area contributed by atoms with Crippen LogP contribution >= 0.6 is 0 Å². The van der Waals surface area contributed by atoms with Crippen molar-refractivity contribution in [3.05, 3.63) is 58.9 Å². The van der Waals surface area contributed by atoms with Gasteiger partial charge in [-0.05, 0) is 30.7 Å². The summed E-state index contributed by atoms with van der Waals surface area (Å²) >= 11 is 0. The summed E-state index contributed by atoms with van der Waals surface area (Å²) in [6, 6.07) is 5.54. The molecule has 1 fully saturated rings. The molecule has 3 rings (SSSR count). The zero-order valence-corrected chi connectivity index (χ0v) is 12.0. The van der Waals surface area contributed by atoms with Crippen LogP contribution in [0.4, 0.5) is 8.78 Å². The Morgan fingerprint density at radius 3 is 2.87 bits per heavy atom. The number of hydrogen-bond donors (Lipinski definition) is 2. The lowest BCUT2D eigenvalue weighted by Gasteiger charge is -2.24. The third-order valence-electron chi connectivity index (χ3n) is 3.91. The molecule has 1 aliphatic rings. The van der Waals surface area contributed by atoms with Crippen molar-refractivity contribution in [3.8, 4) is 6.07 Å². The molecular weight excluding hydrogens is 304 g/mol. The Kier molecular flexibility index (Phi) is 3.84. The van der Waals surface area contributed by atoms with Gasteiger partial charge >= 0.3 is 0 Å². The SMILES string of the molecule is N#Cc1cc(C(=O)N2C[C@@H](O)C[C@@H]2c2cc(F)ccc2F)c[nH]1. The first kappa shape index (κ1) is 15.2. The summed E-state index contributed by atoms with van der Waals surface area (Å²) < 4.78 is 27.4. The predicted octanol–water partition coefficient (Wildman–Crippen LogP) is 2.11. The van der Waals surface area contributed by atoms with Crippen molar-refractivity contribution in [1.29, 1.82) is 5.26 Å². The monoisotopic (exact) mass is 317 g/mol. The molecule has 1 aliphatic heterocycles. The van der Waals surface area contributed by atoms with Gasteiger partial charge in [-0.3, -0.25) is 4.79 Å². The zero-order chi connectivity index (χ0) is 16.6. The van der Waals surface area contributed by atoms with Crippen molar-refractivity contribution in [2.75, 3.05) is 6.54 Å². The van der Waals surface area contributed by atoms with E-state index in [0.717, 1.165) is 18.2 Å². The van der Waals surface area contributed by atoms with Gasteiger partial charge in [-0.15, -0.1) is 0 Å². The number of carbonyl (C=O) groups excluding carboxylic acids is 1. The lowest BCUT2D eigenvalue weighted by Crippen LogP contribution is -2.32. The Bertz CT molecular complexity index is 797. The first-order valence-corrected chi connectivity index (χ1v) is 7.02. The second-order valence-corrected chi connectivity index (χ2v) is 5.44. The molecule has 1 amide bonds. The standard InChI is InChI=1S/C16H13F2N3O2/c17-10-1-2-14(18)13(4-10)15-5-12(22)8-21(15)16(23)9-3-11(6-19)20-7-9/h1-4,7,12,15,20,22H,5,8H2/t12-,15+/m0/s1. The molecule has 1 aromatic heterocycles. The molecule has 0 saturated carbocycles. The predicted molar refractivity (Wildman–Crippen MR) is 76.3 cm³/mol. The molecule has 7 heteroatoms. The minimum atomic E-state index is -0.819. The number of β-amino-alcohol motifs (C(OH)–C–C–N with tert-alkyl or cyclic N) is 1. The van der Waals surface area contributed by atoms with Crippen LogP contribution in [0.1, 0.15) is 34.1 Å². The lowest BCUT2D eigenvalue weighted by atomic mass is 10.0. The van der Waals surface area contributed by atoms with Crippen molar-refractivity contribution in [2.45, 2.75) is 18.6 Å². The summed E-state index contributed by atoms with van der Waals surface area (Å²) in [6.45, 7) is 0.0204. The van der Waals surface area contributed by atoms with Crippen molar-refractivity contribution in [3.63, 3.8) is 0 Å². The first-order valence-electron chi connectivity index (χ1n) is 7.02. The molecule has 0 unspecified atom stereocenters. The largest absolute Gasteiger partial charge is 0.391 e. The fourth-order valence-corrected chi connectivity index (χ4v) is 2.85. The van der Waals surface area contributed by atoms with Crippen LogP contribution in [0, 0.1) is 23.0 Å². The third-order valence-corrected chi connectivity index (χ3v) is 3.91. The van der Waals surface area contributed by atoms with E-state index in [1.54, 1.807) is 0 Å². The average molecular weight is 317 g/mol. The second kappa shape index (κ2) is 5.82. The molecule has 23 heavy (non-hydrogen) atoms. The molecule has 0 spiro atoms. The van der Waals surface area contributed by atoms with E-state index in [1.807, 2.05) is 6.07 Å². The quantitative estimate of drug-likeness (QED) is 0.890. The summed E-state index contributed by atoms with van der Waals surface area (Å²) in [6.07, 6.45) is 0.688. The Morgan fingerprint density at radius 1 is 1.39 bits per heavy atom. The number of aliphatic hydroxyl groups is 1. The van der Waals surface area contributed by atoms with Gasteiger partial charge in [0.05, 0.1) is 17.7 Å². The fraction of sp³-hybridized carbons (Fsp3) is 0.250. The van der Waals surface area contributed by atoms with Crippen LogP contribution in [0.25, 0.3) is 0 Å². The number of aromatic amines is 1. The number of nitriles is 1. The molecule has 2 aromatic rings. The van der Waals surface area contributed by atoms with E-state index in [0.29, 0.717) is 0 Å². The van der Waals surface area contributed by atoms with Crippen LogP contribution in [0.2, 0.25) is 0 Å². The highest BCUT2D eigenvalue weighted by atomic mass is 19.1. The van der Waals surface area contributed by atoms with E-state index >= 15 is 0 Å². The number of carbonyl (C=O) groups is 1. The molecule has 5 nitrogen and oxygen atoms in total. The van der Waals surface area contributed by atoms with Crippen LogP contribution in [-0.2, 0) is 0 Å². The summed E-state index contributed by atoms with van der Waals surface area (Å²) in [5, 5.41) is 18.7. The minimum Gasteiger partial charge on any atom is -0.391 e. The number of nitrogens with zero attached hydrogens (tertiary/aromatic N) is 2. The number of H-pyrrole nitrogens is 1. The number of aromatic nitrogens is 1. The molecule has 0 radical (unpaired) electrons. The second-order valence-electron chi connectivity index (χ2n) is 5.44. The maximum atomic E-state index is 14.0. The summed E-state index contributed by atoms with van der Waals surface area (Å²) in [4.78, 5) is 16.5. The molecular formula is C16H13F2N3O2. The van der Waals surface area contributed by atoms with E-state index < -0.39 is 29.7 Å². The Labute approximate surface area is 130 Å². The summed E-state index contributed by atoms with van der Waals surface area (Å²) in [5.41, 5.74) is 0.491. The normalized spacial score (nSPS) is 20.5. The van der Waals surface area contributed by atoms with Crippen LogP contribution in [0.5, 0.6) is 0 Å². The summed E-state index contributed by atoms with van der Waals surface area (Å²) in [5.74, 6) is -1.69. The number of benzene rings is 1. The Hall–Kier alpha value is -2.72. The summed E-state index contributed by atoms with van der Waals surface area (Å²) in [7, 11) is 0. The number of rotatable bonds is 2. The number of likely N-dealkylation sites (tertiary alicyclic amines) is 1. The molecule has 0 bridgehead atoms. The van der Waals surface area contributed by atoms with Gasteiger partial charge in [0.1, 0.15) is 23.4 Å². The average Bonchev–Trinajstić information content (AvgIpc) is 3.15. The van der Waals surface area contributed by atoms with Crippen LogP contribution in [0.3, 0.4) is 0 Å². The third kappa shape index (κ3) is 2.81. The van der Waals surface area contributed by atoms with Crippen LogP contribution in [-0.4, -0.2) is 33.5 Å². The smallest absolute Gasteiger partial charge is 0.256 e. The lowest BCUT2D eigenvalue weighted by molar-refractivity contribution is 0.0714. The van der Waals surface area contributed by atoms with E-state index in [1.165, 1.54) is 17.2 Å². The number of amides is 1. The van der Waals surface area contributed by atoms with Crippen molar-refractivity contribution in [1.82, 2.24) is 9.88 Å². The zero-order valence-electron chi connectivity index (χ0n) is 12.0. The number of halogens is 2. The van der Waals surface area contributed by atoms with E-state index in [2.05, 4.69) is 4.98 Å². The van der Waals surface area contributed by atoms with Gasteiger partial charge < -0.3 is 15.0 Å². The van der Waals surface area contributed by atoms with E-state index in [4.69, 9.17) is 5.26 Å². The van der Waals surface area contributed by atoms with Gasteiger partial charge in [-0.25, -0.2) is 8.78 Å². The van der Waals surface area contributed by atoms with Crippen LogP contribution < -0.4 is 0 Å². The van der Waals surface area contributed by atoms with Gasteiger partial charge in [0.2, 0.25) is 0 Å². The fourth-order valence-electron chi connectivity index (χ4n) is 2.85. The maximum Gasteiger partial charge on any atom is 0.256 e. The van der Waals surface area contributed by atoms with Gasteiger partial charge in [-0.2, -0.15) is 5.26 Å². The molecule has 1 saturated heterocycles. The molecule has 2 N–H and O–H groups in total. The van der Waals surface area contributed by atoms with Crippen molar-refractivity contribution < 1.29 is 18.7 Å². The number of nitrogens with one attached hydrogen (secondary N) is 1. The van der Waals surface area contributed by atoms with E-state index in [-0.39, 0.29) is 29.8 Å². The molecule has 2 atom stereocenters. The first-order chi connectivity index (χ1) is 11.0. The maximum absolute atomic E-state index is 14.0. The van der Waals surface area contributed by atoms with Crippen LogP contribution in [0.15, 0.2) is 30.5 Å². The van der Waals surface area contributed by atoms with Gasteiger partial charge in [0.25, 0.3) is 5.91 Å². The highest BCUT2D eigenvalue weighted by molar-refractivity contribution is 5.95. The highest BCUT2D eigenvalue weighted by Gasteiger charge is 2.37. The Morgan fingerprint density at radius 2 is 2.17 bits per heavy atom. The van der Waals surface area contributed by atoms with E-state index in [9.17, 15) is 18.7 Å². The topological polar surface area (TPSA) is 80.1 Å². The molecule has 118 valence electrons. The molecule has 2 heterocycles. The molecule has 0 aliphatic carbocycles. The molecule has 1 aromatic carbocycles. The highest BCUT2D eigenvalue weighted by Crippen LogP contribution is 2.35. The number of aliphatic hydroxyl groups excluding tert-OH is 1. The van der Waals surface area contributed by atoms with Gasteiger partial charge in [0.15, 0.2) is 0 Å². The van der Waals surface area contributed by atoms with Crippen molar-refractivity contribution in [2.24, 2.45) is 0 Å². The number of hydrogen-bond acceptors (Lipinski definition) is 3.